The smallest absolute Gasteiger partial charge is 0.213 e. The Labute approximate surface area is 205 Å². The van der Waals surface area contributed by atoms with E-state index in [-0.39, 0.29) is 17.1 Å². The largest absolute Gasteiger partial charge is 2.00 e. The molecule has 0 heterocycles. The van der Waals surface area contributed by atoms with Crippen molar-refractivity contribution in [1.82, 2.24) is 0 Å². The standard InChI is InChI=1S/C20H35.C10H15.Fe/c1-4-7-10-13-18-16-17-19(14-11-8-5-2)20(18)15-12-9-6-3;1-2-3-4-7-10-8-5-6-9-10;/h16-17H,4-15H2,1-3H3;5-6,8-9H,2-4,7H2,1H3;/q2*-1;+2. The van der Waals surface area contributed by atoms with E-state index in [0.717, 1.165) is 0 Å². The van der Waals surface area contributed by atoms with Crippen LogP contribution in [0.2, 0.25) is 0 Å². The van der Waals surface area contributed by atoms with Crippen molar-refractivity contribution in [3.63, 3.8) is 0 Å². The van der Waals surface area contributed by atoms with Gasteiger partial charge in [-0.2, -0.15) is 40.5 Å². The van der Waals surface area contributed by atoms with Crippen LogP contribution < -0.4 is 0 Å². The quantitative estimate of drug-likeness (QED) is 0.131. The first-order chi connectivity index (χ1) is 14.8. The fourth-order valence-corrected chi connectivity index (χ4v) is 4.24. The Balaban J connectivity index is 0.000000688. The third-order valence-electron chi connectivity index (χ3n) is 6.19. The summed E-state index contributed by atoms with van der Waals surface area (Å²) in [4.78, 5) is 0. The summed E-state index contributed by atoms with van der Waals surface area (Å²) in [7, 11) is 0. The van der Waals surface area contributed by atoms with Crippen LogP contribution >= 0.6 is 0 Å². The van der Waals surface area contributed by atoms with Gasteiger partial charge in [0.15, 0.2) is 0 Å². The summed E-state index contributed by atoms with van der Waals surface area (Å²) in [5, 5.41) is 0. The maximum Gasteiger partial charge on any atom is 2.00 e. The number of rotatable bonds is 16. The number of aryl methyl sites for hydroxylation is 3. The second kappa shape index (κ2) is 21.1. The van der Waals surface area contributed by atoms with Crippen molar-refractivity contribution in [1.29, 1.82) is 0 Å². The van der Waals surface area contributed by atoms with Gasteiger partial charge in [0.2, 0.25) is 0 Å². The molecule has 2 aromatic carbocycles. The predicted octanol–water partition coefficient (Wildman–Crippen LogP) is 9.74. The van der Waals surface area contributed by atoms with Gasteiger partial charge in [0, 0.05) is 0 Å². The predicted molar refractivity (Wildman–Crippen MR) is 137 cm³/mol. The van der Waals surface area contributed by atoms with Crippen molar-refractivity contribution in [2.75, 3.05) is 0 Å². The molecule has 0 amide bonds. The normalized spacial score (nSPS) is 10.5. The van der Waals surface area contributed by atoms with E-state index in [1.54, 1.807) is 16.7 Å². The fraction of sp³-hybridized carbons (Fsp3) is 0.667. The van der Waals surface area contributed by atoms with Gasteiger partial charge in [0.25, 0.3) is 0 Å². The van der Waals surface area contributed by atoms with E-state index in [4.69, 9.17) is 0 Å². The van der Waals surface area contributed by atoms with Gasteiger partial charge >= 0.3 is 17.1 Å². The molecule has 0 aromatic heterocycles. The van der Waals surface area contributed by atoms with Gasteiger partial charge in [-0.3, -0.25) is 0 Å². The maximum atomic E-state index is 2.43. The number of hydrogen-bond acceptors (Lipinski definition) is 0. The summed E-state index contributed by atoms with van der Waals surface area (Å²) >= 11 is 0. The molecular weight excluding hydrogens is 416 g/mol. The zero-order chi connectivity index (χ0) is 21.9. The molecule has 31 heavy (non-hydrogen) atoms. The Morgan fingerprint density at radius 3 is 1.84 bits per heavy atom. The molecular formula is C30H50Fe. The molecule has 2 aromatic rings. The Hall–Kier alpha value is -0.781. The molecule has 0 nitrogen and oxygen atoms in total. The van der Waals surface area contributed by atoms with Gasteiger partial charge in [-0.05, 0) is 0 Å². The van der Waals surface area contributed by atoms with Gasteiger partial charge in [-0.25, -0.2) is 18.2 Å². The van der Waals surface area contributed by atoms with Crippen molar-refractivity contribution >= 4 is 0 Å². The van der Waals surface area contributed by atoms with Crippen molar-refractivity contribution in [2.24, 2.45) is 0 Å². The summed E-state index contributed by atoms with van der Waals surface area (Å²) in [6.45, 7) is 9.13. The molecule has 0 spiro atoms. The molecule has 0 aliphatic rings. The molecule has 178 valence electrons. The third-order valence-corrected chi connectivity index (χ3v) is 6.19. The Morgan fingerprint density at radius 2 is 1.26 bits per heavy atom. The van der Waals surface area contributed by atoms with Crippen LogP contribution in [0.1, 0.15) is 127 Å². The summed E-state index contributed by atoms with van der Waals surface area (Å²) in [5.41, 5.74) is 6.56. The van der Waals surface area contributed by atoms with Crippen LogP contribution in [0.25, 0.3) is 0 Å². The Morgan fingerprint density at radius 1 is 0.677 bits per heavy atom. The first-order valence-electron chi connectivity index (χ1n) is 13.2. The molecule has 0 saturated heterocycles. The second-order valence-corrected chi connectivity index (χ2v) is 8.98. The minimum Gasteiger partial charge on any atom is -0.213 e. The molecule has 0 unspecified atom stereocenters. The first kappa shape index (κ1) is 30.2. The van der Waals surface area contributed by atoms with Crippen molar-refractivity contribution in [3.8, 4) is 0 Å². The molecule has 0 fully saturated rings. The van der Waals surface area contributed by atoms with Gasteiger partial charge in [0.05, 0.1) is 0 Å². The Bertz CT molecular complexity index is 562. The van der Waals surface area contributed by atoms with Gasteiger partial charge < -0.3 is 0 Å². The van der Waals surface area contributed by atoms with E-state index >= 15 is 0 Å². The number of hydrogen-bond donors (Lipinski definition) is 0. The average Bonchev–Trinajstić information content (AvgIpc) is 3.40. The Kier molecular flexibility index (Phi) is 20.6. The molecule has 0 aliphatic carbocycles. The summed E-state index contributed by atoms with van der Waals surface area (Å²) in [6, 6.07) is 13.5. The summed E-state index contributed by atoms with van der Waals surface area (Å²) < 4.78 is 0. The van der Waals surface area contributed by atoms with E-state index in [1.807, 2.05) is 0 Å². The van der Waals surface area contributed by atoms with Gasteiger partial charge in [-0.15, -0.1) is 0 Å². The monoisotopic (exact) mass is 466 g/mol. The van der Waals surface area contributed by atoms with Crippen LogP contribution in [0.4, 0.5) is 0 Å². The molecule has 0 atom stereocenters. The third kappa shape index (κ3) is 14.1. The van der Waals surface area contributed by atoms with Crippen LogP contribution in [0.5, 0.6) is 0 Å². The van der Waals surface area contributed by atoms with Gasteiger partial charge in [0.1, 0.15) is 0 Å². The van der Waals surface area contributed by atoms with Crippen LogP contribution in [0.3, 0.4) is 0 Å². The van der Waals surface area contributed by atoms with E-state index < -0.39 is 0 Å². The van der Waals surface area contributed by atoms with Crippen molar-refractivity contribution in [3.05, 3.63) is 58.7 Å². The minimum absolute atomic E-state index is 0. The van der Waals surface area contributed by atoms with Crippen molar-refractivity contribution < 1.29 is 17.1 Å². The van der Waals surface area contributed by atoms with Crippen LogP contribution in [-0.4, -0.2) is 0 Å². The van der Waals surface area contributed by atoms with Crippen LogP contribution in [0.15, 0.2) is 36.4 Å². The SMILES string of the molecule is CCCCCc1cc[c-](CCCCC)c1CCCCC.CCCCCc1ccc[cH-]1.[Fe+2]. The molecule has 0 bridgehead atoms. The zero-order valence-electron chi connectivity index (χ0n) is 21.1. The van der Waals surface area contributed by atoms with Crippen LogP contribution in [-0.2, 0) is 42.8 Å². The van der Waals surface area contributed by atoms with Gasteiger partial charge in [-0.1, -0.05) is 130 Å². The van der Waals surface area contributed by atoms with Crippen LogP contribution in [0, 0.1) is 0 Å². The molecule has 2 rings (SSSR count). The topological polar surface area (TPSA) is 0 Å². The van der Waals surface area contributed by atoms with E-state index in [1.165, 1.54) is 108 Å². The first-order valence-corrected chi connectivity index (χ1v) is 13.2. The van der Waals surface area contributed by atoms with Crippen molar-refractivity contribution in [2.45, 2.75) is 130 Å². The number of unbranched alkanes of at least 4 members (excludes halogenated alkanes) is 8. The fourth-order valence-electron chi connectivity index (χ4n) is 4.24. The molecule has 0 N–H and O–H groups in total. The molecule has 0 aliphatic heterocycles. The molecule has 1 heteroatoms. The summed E-state index contributed by atoms with van der Waals surface area (Å²) in [5.74, 6) is 0. The average molecular weight is 467 g/mol. The van der Waals surface area contributed by atoms with E-state index in [0.29, 0.717) is 0 Å². The summed E-state index contributed by atoms with van der Waals surface area (Å²) in [6.07, 6.45) is 21.5. The zero-order valence-corrected chi connectivity index (χ0v) is 22.2. The maximum absolute atomic E-state index is 2.43. The molecule has 0 radical (unpaired) electrons. The minimum atomic E-state index is 0. The van der Waals surface area contributed by atoms with E-state index in [2.05, 4.69) is 64.1 Å². The molecule has 0 saturated carbocycles. The second-order valence-electron chi connectivity index (χ2n) is 8.98. The van der Waals surface area contributed by atoms with E-state index in [9.17, 15) is 0 Å².